The van der Waals surface area contributed by atoms with Crippen molar-refractivity contribution in [2.75, 3.05) is 45.3 Å². The number of aromatic nitrogens is 2. The molecule has 2 heterocycles. The van der Waals surface area contributed by atoms with E-state index in [1.807, 2.05) is 19.9 Å². The summed E-state index contributed by atoms with van der Waals surface area (Å²) in [6.07, 6.45) is 0.658. The van der Waals surface area contributed by atoms with Crippen molar-refractivity contribution < 1.29 is 14.3 Å². The highest BCUT2D eigenvalue weighted by Gasteiger charge is 2.31. The maximum absolute atomic E-state index is 12.9. The van der Waals surface area contributed by atoms with E-state index in [-0.39, 0.29) is 18.1 Å². The van der Waals surface area contributed by atoms with Crippen LogP contribution in [-0.4, -0.2) is 72.5 Å². The summed E-state index contributed by atoms with van der Waals surface area (Å²) in [5.41, 5.74) is 8.51. The Bertz CT molecular complexity index is 941. The Balaban J connectivity index is 1.55. The Morgan fingerprint density at radius 2 is 2.00 bits per heavy atom. The molecular weight excluding hydrogens is 450 g/mol. The van der Waals surface area contributed by atoms with Crippen molar-refractivity contribution in [1.29, 1.82) is 0 Å². The van der Waals surface area contributed by atoms with Crippen molar-refractivity contribution in [3.05, 3.63) is 40.2 Å². The first-order chi connectivity index (χ1) is 15.3. The van der Waals surface area contributed by atoms with Crippen molar-refractivity contribution in [3.63, 3.8) is 0 Å². The quantitative estimate of drug-likeness (QED) is 0.338. The van der Waals surface area contributed by atoms with E-state index in [1.165, 1.54) is 13.2 Å². The molecule has 1 amide bonds. The normalized spacial score (nSPS) is 19.0. The molecule has 3 N–H and O–H groups in total. The van der Waals surface area contributed by atoms with Gasteiger partial charge in [0.25, 0.3) is 5.91 Å². The number of amides is 1. The van der Waals surface area contributed by atoms with Gasteiger partial charge in [0.05, 0.1) is 35.5 Å². The van der Waals surface area contributed by atoms with Gasteiger partial charge in [-0.15, -0.1) is 0 Å². The number of rotatable bonds is 8. The number of piperidine rings is 1. The second-order valence-corrected chi connectivity index (χ2v) is 9.27. The number of hydrogen-bond acceptors (Lipinski definition) is 8. The second-order valence-electron chi connectivity index (χ2n) is 7.80. The van der Waals surface area contributed by atoms with Crippen LogP contribution in [0.5, 0.6) is 5.75 Å². The number of carbonyl (C=O) groups excluding carboxylic acids is 1. The number of benzene rings is 1. The van der Waals surface area contributed by atoms with Crippen LogP contribution in [0.25, 0.3) is 0 Å². The molecule has 1 aliphatic heterocycles. The SMILES string of the molecule is COc1cc(N)c(Cl)cc1C(=O)NC1CCN(CCSc2nc(C)cc(C)n2)CC1OC. The van der Waals surface area contributed by atoms with Crippen molar-refractivity contribution in [3.8, 4) is 5.75 Å². The summed E-state index contributed by atoms with van der Waals surface area (Å²) in [6.45, 7) is 6.45. The number of nitrogen functional groups attached to an aromatic ring is 1. The number of carbonyl (C=O) groups is 1. The van der Waals surface area contributed by atoms with E-state index in [9.17, 15) is 4.79 Å². The second kappa shape index (κ2) is 11.2. The number of thioether (sulfide) groups is 1. The number of halogens is 1. The maximum atomic E-state index is 12.9. The summed E-state index contributed by atoms with van der Waals surface area (Å²) in [5, 5.41) is 4.21. The number of nitrogens with zero attached hydrogens (tertiary/aromatic N) is 3. The van der Waals surface area contributed by atoms with Crippen LogP contribution in [0.2, 0.25) is 5.02 Å². The van der Waals surface area contributed by atoms with E-state index in [0.717, 1.165) is 48.4 Å². The molecule has 0 radical (unpaired) electrons. The minimum absolute atomic E-state index is 0.111. The van der Waals surface area contributed by atoms with Gasteiger partial charge in [-0.2, -0.15) is 0 Å². The molecule has 2 unspecified atom stereocenters. The Kier molecular flexibility index (Phi) is 8.58. The predicted octanol–water partition coefficient (Wildman–Crippen LogP) is 2.95. The number of anilines is 1. The van der Waals surface area contributed by atoms with Gasteiger partial charge in [-0.3, -0.25) is 9.69 Å². The number of nitrogens with one attached hydrogen (secondary N) is 1. The third-order valence-electron chi connectivity index (χ3n) is 5.43. The molecule has 10 heteroatoms. The molecule has 3 rings (SSSR count). The maximum Gasteiger partial charge on any atom is 0.255 e. The Labute approximate surface area is 198 Å². The fourth-order valence-electron chi connectivity index (χ4n) is 3.77. The Hall–Kier alpha value is -2.07. The number of likely N-dealkylation sites (tertiary alicyclic amines) is 1. The van der Waals surface area contributed by atoms with Crippen LogP contribution >= 0.6 is 23.4 Å². The van der Waals surface area contributed by atoms with Crippen LogP contribution in [-0.2, 0) is 4.74 Å². The average Bonchev–Trinajstić information content (AvgIpc) is 2.75. The minimum Gasteiger partial charge on any atom is -0.496 e. The largest absolute Gasteiger partial charge is 0.496 e. The molecule has 8 nitrogen and oxygen atoms in total. The fourth-order valence-corrected chi connectivity index (χ4v) is 4.89. The minimum atomic E-state index is -0.258. The highest BCUT2D eigenvalue weighted by Crippen LogP contribution is 2.29. The van der Waals surface area contributed by atoms with Gasteiger partial charge in [0.1, 0.15) is 5.75 Å². The molecule has 2 atom stereocenters. The smallest absolute Gasteiger partial charge is 0.255 e. The van der Waals surface area contributed by atoms with Crippen LogP contribution in [0.1, 0.15) is 28.2 Å². The number of methoxy groups -OCH3 is 2. The highest BCUT2D eigenvalue weighted by atomic mass is 35.5. The molecule has 0 saturated carbocycles. The Morgan fingerprint density at radius 1 is 1.28 bits per heavy atom. The van der Waals surface area contributed by atoms with Gasteiger partial charge in [0, 0.05) is 50.0 Å². The fraction of sp³-hybridized carbons (Fsp3) is 0.500. The van der Waals surface area contributed by atoms with Crippen molar-refractivity contribution >= 4 is 35.0 Å². The summed E-state index contributed by atoms with van der Waals surface area (Å²) >= 11 is 7.77. The Morgan fingerprint density at radius 3 is 2.66 bits per heavy atom. The van der Waals surface area contributed by atoms with Gasteiger partial charge in [-0.25, -0.2) is 9.97 Å². The average molecular weight is 480 g/mol. The molecule has 1 aliphatic rings. The zero-order valence-corrected chi connectivity index (χ0v) is 20.4. The molecule has 1 aromatic carbocycles. The number of hydrogen-bond donors (Lipinski definition) is 2. The van der Waals surface area contributed by atoms with Crippen LogP contribution in [0.15, 0.2) is 23.4 Å². The van der Waals surface area contributed by atoms with Gasteiger partial charge >= 0.3 is 0 Å². The topological polar surface area (TPSA) is 103 Å². The van der Waals surface area contributed by atoms with E-state index in [4.69, 9.17) is 26.8 Å². The third kappa shape index (κ3) is 6.25. The lowest BCUT2D eigenvalue weighted by atomic mass is 10.0. The van der Waals surface area contributed by atoms with Crippen molar-refractivity contribution in [1.82, 2.24) is 20.2 Å². The zero-order chi connectivity index (χ0) is 23.3. The predicted molar refractivity (Wildman–Crippen MR) is 128 cm³/mol. The first kappa shape index (κ1) is 24.6. The lowest BCUT2D eigenvalue weighted by Crippen LogP contribution is -2.55. The van der Waals surface area contributed by atoms with E-state index >= 15 is 0 Å². The van der Waals surface area contributed by atoms with Crippen LogP contribution in [0.4, 0.5) is 5.69 Å². The summed E-state index contributed by atoms with van der Waals surface area (Å²) in [6, 6.07) is 4.96. The molecule has 174 valence electrons. The van der Waals surface area contributed by atoms with Gasteiger partial charge in [0.2, 0.25) is 0 Å². The van der Waals surface area contributed by atoms with Crippen LogP contribution < -0.4 is 15.8 Å². The first-order valence-electron chi connectivity index (χ1n) is 10.4. The van der Waals surface area contributed by atoms with E-state index in [2.05, 4.69) is 20.2 Å². The molecule has 0 aliphatic carbocycles. The van der Waals surface area contributed by atoms with Gasteiger partial charge in [-0.05, 0) is 32.4 Å². The number of nitrogens with two attached hydrogens (primary N) is 1. The summed E-state index contributed by atoms with van der Waals surface area (Å²) in [5.74, 6) is 1.02. The lowest BCUT2D eigenvalue weighted by Gasteiger charge is -2.38. The molecule has 2 aromatic rings. The summed E-state index contributed by atoms with van der Waals surface area (Å²) < 4.78 is 11.0. The van der Waals surface area contributed by atoms with Crippen molar-refractivity contribution in [2.24, 2.45) is 0 Å². The van der Waals surface area contributed by atoms with Gasteiger partial charge < -0.3 is 20.5 Å². The monoisotopic (exact) mass is 479 g/mol. The van der Waals surface area contributed by atoms with Gasteiger partial charge in [-0.1, -0.05) is 23.4 Å². The molecule has 0 bridgehead atoms. The van der Waals surface area contributed by atoms with E-state index < -0.39 is 0 Å². The molecular formula is C22H30ClN5O3S. The summed E-state index contributed by atoms with van der Waals surface area (Å²) in [4.78, 5) is 24.2. The van der Waals surface area contributed by atoms with Crippen LogP contribution in [0.3, 0.4) is 0 Å². The van der Waals surface area contributed by atoms with Crippen molar-refractivity contribution in [2.45, 2.75) is 37.6 Å². The first-order valence-corrected chi connectivity index (χ1v) is 11.8. The third-order valence-corrected chi connectivity index (χ3v) is 6.58. The highest BCUT2D eigenvalue weighted by molar-refractivity contribution is 7.99. The number of aryl methyl sites for hydroxylation is 2. The molecule has 0 spiro atoms. The standard InChI is InChI=1S/C22H30ClN5O3S/c1-13-9-14(2)26-22(25-13)32-8-7-28-6-5-18(20(12-28)31-4)27-21(29)15-10-16(23)17(24)11-19(15)30-3/h9-11,18,20H,5-8,12,24H2,1-4H3,(H,27,29). The zero-order valence-electron chi connectivity index (χ0n) is 18.9. The molecule has 1 saturated heterocycles. The lowest BCUT2D eigenvalue weighted by molar-refractivity contribution is 0.00833. The summed E-state index contributed by atoms with van der Waals surface area (Å²) in [7, 11) is 3.17. The molecule has 1 fully saturated rings. The van der Waals surface area contributed by atoms with Gasteiger partial charge in [0.15, 0.2) is 5.16 Å². The van der Waals surface area contributed by atoms with E-state index in [0.29, 0.717) is 22.0 Å². The molecule has 32 heavy (non-hydrogen) atoms. The molecule has 1 aromatic heterocycles. The number of ether oxygens (including phenoxy) is 2. The van der Waals surface area contributed by atoms with Crippen LogP contribution in [0, 0.1) is 13.8 Å². The van der Waals surface area contributed by atoms with E-state index in [1.54, 1.807) is 24.9 Å².